The highest BCUT2D eigenvalue weighted by atomic mass is 16.6. The Balaban J connectivity index is 3.79. The summed E-state index contributed by atoms with van der Waals surface area (Å²) in [7, 11) is 1.72. The summed E-state index contributed by atoms with van der Waals surface area (Å²) in [6.45, 7) is 10.8. The van der Waals surface area contributed by atoms with Crippen LogP contribution in [0.5, 0.6) is 0 Å². The van der Waals surface area contributed by atoms with Crippen molar-refractivity contribution in [3.05, 3.63) is 0 Å². The van der Waals surface area contributed by atoms with Crippen LogP contribution in [0.2, 0.25) is 0 Å². The lowest BCUT2D eigenvalue weighted by Crippen LogP contribution is -2.35. The van der Waals surface area contributed by atoms with Crippen molar-refractivity contribution in [3.8, 4) is 0 Å². The van der Waals surface area contributed by atoms with Crippen LogP contribution in [0, 0.1) is 0 Å². The average molecular weight is 274 g/mol. The molecule has 5 nitrogen and oxygen atoms in total. The standard InChI is InChI=1S/C14H30N2O3/c1-11(2)15-10-12(17)8-7-9-16(6)13(18)19-14(3,4)5/h11-12,15,17H,7-10H2,1-6H3. The van der Waals surface area contributed by atoms with Crippen LogP contribution in [0.3, 0.4) is 0 Å². The number of ether oxygens (including phenoxy) is 1. The lowest BCUT2D eigenvalue weighted by Gasteiger charge is -2.25. The Kier molecular flexibility index (Phi) is 8.02. The van der Waals surface area contributed by atoms with E-state index >= 15 is 0 Å². The molecule has 0 aromatic rings. The van der Waals surface area contributed by atoms with Crippen LogP contribution in [0.25, 0.3) is 0 Å². The van der Waals surface area contributed by atoms with Crippen molar-refractivity contribution >= 4 is 6.09 Å². The zero-order valence-electron chi connectivity index (χ0n) is 13.2. The van der Waals surface area contributed by atoms with Gasteiger partial charge >= 0.3 is 6.09 Å². The maximum atomic E-state index is 11.7. The minimum absolute atomic E-state index is 0.317. The van der Waals surface area contributed by atoms with Crippen LogP contribution >= 0.6 is 0 Å². The molecule has 0 saturated heterocycles. The minimum Gasteiger partial charge on any atom is -0.444 e. The van der Waals surface area contributed by atoms with E-state index in [0.717, 1.165) is 6.42 Å². The Morgan fingerprint density at radius 3 is 2.42 bits per heavy atom. The fourth-order valence-corrected chi connectivity index (χ4v) is 1.47. The van der Waals surface area contributed by atoms with Gasteiger partial charge in [-0.2, -0.15) is 0 Å². The molecule has 114 valence electrons. The average Bonchev–Trinajstić information content (AvgIpc) is 2.23. The largest absolute Gasteiger partial charge is 0.444 e. The van der Waals surface area contributed by atoms with E-state index in [9.17, 15) is 9.90 Å². The highest BCUT2D eigenvalue weighted by Crippen LogP contribution is 2.09. The smallest absolute Gasteiger partial charge is 0.410 e. The number of rotatable bonds is 7. The van der Waals surface area contributed by atoms with Gasteiger partial charge in [-0.3, -0.25) is 0 Å². The normalized spacial score (nSPS) is 13.5. The number of carbonyl (C=O) groups is 1. The molecule has 0 aliphatic rings. The summed E-state index contributed by atoms with van der Waals surface area (Å²) < 4.78 is 5.25. The van der Waals surface area contributed by atoms with Gasteiger partial charge in [-0.15, -0.1) is 0 Å². The lowest BCUT2D eigenvalue weighted by atomic mass is 10.2. The first-order valence-electron chi connectivity index (χ1n) is 6.97. The summed E-state index contributed by atoms with van der Waals surface area (Å²) in [6, 6.07) is 0.374. The summed E-state index contributed by atoms with van der Waals surface area (Å²) in [4.78, 5) is 13.2. The predicted molar refractivity (Wildman–Crippen MR) is 77.2 cm³/mol. The zero-order valence-corrected chi connectivity index (χ0v) is 13.2. The summed E-state index contributed by atoms with van der Waals surface area (Å²) in [5, 5.41) is 12.9. The summed E-state index contributed by atoms with van der Waals surface area (Å²) in [5.41, 5.74) is -0.466. The number of aliphatic hydroxyl groups excluding tert-OH is 1. The number of aliphatic hydroxyl groups is 1. The topological polar surface area (TPSA) is 61.8 Å². The number of carbonyl (C=O) groups excluding carboxylic acids is 1. The highest BCUT2D eigenvalue weighted by Gasteiger charge is 2.19. The van der Waals surface area contributed by atoms with Crippen molar-refractivity contribution < 1.29 is 14.6 Å². The van der Waals surface area contributed by atoms with Crippen LogP contribution in [-0.2, 0) is 4.74 Å². The third kappa shape index (κ3) is 10.8. The fraction of sp³-hybridized carbons (Fsp3) is 0.929. The van der Waals surface area contributed by atoms with E-state index in [-0.39, 0.29) is 12.2 Å². The summed E-state index contributed by atoms with van der Waals surface area (Å²) in [6.07, 6.45) is 0.750. The molecule has 0 aromatic heterocycles. The van der Waals surface area contributed by atoms with Gasteiger partial charge in [-0.05, 0) is 33.6 Å². The first-order valence-corrected chi connectivity index (χ1v) is 6.97. The molecule has 0 saturated carbocycles. The summed E-state index contributed by atoms with van der Waals surface area (Å²) in [5.74, 6) is 0. The monoisotopic (exact) mass is 274 g/mol. The SMILES string of the molecule is CC(C)NCC(O)CCCN(C)C(=O)OC(C)(C)C. The van der Waals surface area contributed by atoms with E-state index in [2.05, 4.69) is 5.32 Å². The van der Waals surface area contributed by atoms with Crippen molar-refractivity contribution in [2.45, 2.75) is 65.2 Å². The first kappa shape index (κ1) is 18.2. The third-order valence-corrected chi connectivity index (χ3v) is 2.50. The maximum absolute atomic E-state index is 11.7. The molecule has 19 heavy (non-hydrogen) atoms. The van der Waals surface area contributed by atoms with Gasteiger partial charge in [0, 0.05) is 26.2 Å². The molecule has 1 atom stereocenters. The Labute approximate surface area is 117 Å². The van der Waals surface area contributed by atoms with Crippen LogP contribution in [0.15, 0.2) is 0 Å². The van der Waals surface area contributed by atoms with Gasteiger partial charge in [0.15, 0.2) is 0 Å². The molecule has 1 amide bonds. The van der Waals surface area contributed by atoms with E-state index in [0.29, 0.717) is 25.6 Å². The number of nitrogens with one attached hydrogen (secondary N) is 1. The van der Waals surface area contributed by atoms with Crippen molar-refractivity contribution in [1.29, 1.82) is 0 Å². The van der Waals surface area contributed by atoms with Crippen LogP contribution < -0.4 is 5.32 Å². The minimum atomic E-state index is -0.466. The van der Waals surface area contributed by atoms with Crippen LogP contribution in [0.1, 0.15) is 47.5 Å². The number of hydrogen-bond donors (Lipinski definition) is 2. The second-order valence-electron chi connectivity index (χ2n) is 6.26. The molecule has 0 fully saturated rings. The van der Waals surface area contributed by atoms with Gasteiger partial charge in [0.2, 0.25) is 0 Å². The van der Waals surface area contributed by atoms with Crippen molar-refractivity contribution in [3.63, 3.8) is 0 Å². The number of nitrogens with zero attached hydrogens (tertiary/aromatic N) is 1. The molecular weight excluding hydrogens is 244 g/mol. The van der Waals surface area contributed by atoms with Gasteiger partial charge < -0.3 is 20.1 Å². The van der Waals surface area contributed by atoms with Crippen molar-refractivity contribution in [1.82, 2.24) is 10.2 Å². The van der Waals surface area contributed by atoms with Crippen molar-refractivity contribution in [2.24, 2.45) is 0 Å². The Bertz CT molecular complexity index is 262. The molecule has 5 heteroatoms. The second-order valence-corrected chi connectivity index (χ2v) is 6.26. The van der Waals surface area contributed by atoms with E-state index in [4.69, 9.17) is 4.74 Å². The lowest BCUT2D eigenvalue weighted by molar-refractivity contribution is 0.0289. The Hall–Kier alpha value is -0.810. The molecule has 0 aliphatic carbocycles. The van der Waals surface area contributed by atoms with Gasteiger partial charge in [-0.25, -0.2) is 4.79 Å². The molecular formula is C14H30N2O3. The molecule has 0 rings (SSSR count). The quantitative estimate of drug-likeness (QED) is 0.745. The Morgan fingerprint density at radius 2 is 1.95 bits per heavy atom. The molecule has 2 N–H and O–H groups in total. The highest BCUT2D eigenvalue weighted by molar-refractivity contribution is 5.67. The van der Waals surface area contributed by atoms with Crippen molar-refractivity contribution in [2.75, 3.05) is 20.1 Å². The van der Waals surface area contributed by atoms with Crippen LogP contribution in [0.4, 0.5) is 4.79 Å². The van der Waals surface area contributed by atoms with E-state index in [1.807, 2.05) is 34.6 Å². The first-order chi connectivity index (χ1) is 8.61. The van der Waals surface area contributed by atoms with Gasteiger partial charge in [0.05, 0.1) is 6.10 Å². The summed E-state index contributed by atoms with van der Waals surface area (Å²) >= 11 is 0. The third-order valence-electron chi connectivity index (χ3n) is 2.50. The number of hydrogen-bond acceptors (Lipinski definition) is 4. The maximum Gasteiger partial charge on any atom is 0.410 e. The molecule has 0 bridgehead atoms. The van der Waals surface area contributed by atoms with E-state index in [1.54, 1.807) is 11.9 Å². The van der Waals surface area contributed by atoms with E-state index in [1.165, 1.54) is 0 Å². The number of amides is 1. The molecule has 0 aliphatic heterocycles. The van der Waals surface area contributed by atoms with E-state index < -0.39 is 5.60 Å². The fourth-order valence-electron chi connectivity index (χ4n) is 1.47. The molecule has 1 unspecified atom stereocenters. The van der Waals surface area contributed by atoms with Gasteiger partial charge in [0.25, 0.3) is 0 Å². The second kappa shape index (κ2) is 8.38. The molecule has 0 heterocycles. The van der Waals surface area contributed by atoms with Gasteiger partial charge in [-0.1, -0.05) is 13.8 Å². The molecule has 0 radical (unpaired) electrons. The Morgan fingerprint density at radius 1 is 1.37 bits per heavy atom. The predicted octanol–water partition coefficient (Wildman–Crippen LogP) is 1.99. The van der Waals surface area contributed by atoms with Crippen LogP contribution in [-0.4, -0.2) is 54.0 Å². The van der Waals surface area contributed by atoms with Gasteiger partial charge in [0.1, 0.15) is 5.60 Å². The molecule has 0 spiro atoms. The molecule has 0 aromatic carbocycles. The zero-order chi connectivity index (χ0) is 15.1.